The molecule has 1 aliphatic rings. The first kappa shape index (κ1) is 12.6. The van der Waals surface area contributed by atoms with Gasteiger partial charge in [0.25, 0.3) is 0 Å². The Balaban J connectivity index is 2.41. The first-order chi connectivity index (χ1) is 8.50. The highest BCUT2D eigenvalue weighted by atomic mass is 16.6. The molecule has 4 heteroatoms. The summed E-state index contributed by atoms with van der Waals surface area (Å²) in [4.78, 5) is 23.6. The summed E-state index contributed by atoms with van der Waals surface area (Å²) in [5.41, 5.74) is 1.24. The molecule has 0 spiro atoms. The Hall–Kier alpha value is -1.84. The lowest BCUT2D eigenvalue weighted by molar-refractivity contribution is -0.161. The number of rotatable bonds is 2. The summed E-state index contributed by atoms with van der Waals surface area (Å²) in [5.74, 6) is -0.986. The van der Waals surface area contributed by atoms with E-state index in [1.54, 1.807) is 6.92 Å². The number of ether oxygens (including phenoxy) is 2. The maximum absolute atomic E-state index is 12.0. The highest BCUT2D eigenvalue weighted by molar-refractivity contribution is 5.96. The first-order valence-corrected chi connectivity index (χ1v) is 5.93. The van der Waals surface area contributed by atoms with Crippen LogP contribution in [0.25, 0.3) is 0 Å². The molecule has 4 nitrogen and oxygen atoms in total. The molecule has 1 unspecified atom stereocenters. The fraction of sp³-hybridized carbons (Fsp3) is 0.429. The Morgan fingerprint density at radius 3 is 2.83 bits per heavy atom. The number of hydrogen-bond acceptors (Lipinski definition) is 4. The molecular weight excluding hydrogens is 232 g/mol. The van der Waals surface area contributed by atoms with Crippen LogP contribution in [0.1, 0.15) is 35.3 Å². The highest BCUT2D eigenvalue weighted by Crippen LogP contribution is 2.29. The van der Waals surface area contributed by atoms with Crippen LogP contribution in [0.4, 0.5) is 0 Å². The topological polar surface area (TPSA) is 52.6 Å². The number of methoxy groups -OCH3 is 1. The van der Waals surface area contributed by atoms with E-state index in [-0.39, 0.29) is 0 Å². The average Bonchev–Trinajstić information content (AvgIpc) is 2.37. The molecule has 1 atom stereocenters. The van der Waals surface area contributed by atoms with Gasteiger partial charge in [-0.1, -0.05) is 19.1 Å². The molecule has 1 aliphatic heterocycles. The summed E-state index contributed by atoms with van der Waals surface area (Å²) < 4.78 is 9.92. The van der Waals surface area contributed by atoms with Crippen LogP contribution in [0.15, 0.2) is 18.2 Å². The molecular formula is C14H16O4. The zero-order valence-corrected chi connectivity index (χ0v) is 10.8. The minimum Gasteiger partial charge on any atom is -0.466 e. The molecule has 0 aliphatic carbocycles. The molecule has 1 heterocycles. The predicted octanol–water partition coefficient (Wildman–Crippen LogP) is 1.89. The maximum atomic E-state index is 12.0. The van der Waals surface area contributed by atoms with Crippen molar-refractivity contribution in [2.45, 2.75) is 32.3 Å². The van der Waals surface area contributed by atoms with E-state index in [0.29, 0.717) is 12.0 Å². The second kappa shape index (κ2) is 4.44. The first-order valence-electron chi connectivity index (χ1n) is 5.93. The lowest BCUT2D eigenvalue weighted by Gasteiger charge is -2.31. The lowest BCUT2D eigenvalue weighted by Crippen LogP contribution is -2.46. The monoisotopic (exact) mass is 248 g/mol. The zero-order valence-electron chi connectivity index (χ0n) is 10.8. The number of fused-ring (bicyclic) bond motifs is 1. The van der Waals surface area contributed by atoms with Gasteiger partial charge in [0, 0.05) is 6.42 Å². The number of carbonyl (C=O) groups excluding carboxylic acids is 2. The van der Waals surface area contributed by atoms with E-state index in [2.05, 4.69) is 4.74 Å². The summed E-state index contributed by atoms with van der Waals surface area (Å²) in [6.45, 7) is 3.60. The molecule has 1 aromatic carbocycles. The molecule has 0 radical (unpaired) electrons. The van der Waals surface area contributed by atoms with Crippen molar-refractivity contribution >= 4 is 11.9 Å². The molecule has 0 fully saturated rings. The number of carbonyl (C=O) groups is 2. The lowest BCUT2D eigenvalue weighted by atomic mass is 9.89. The van der Waals surface area contributed by atoms with Crippen molar-refractivity contribution in [2.24, 2.45) is 0 Å². The van der Waals surface area contributed by atoms with E-state index in [4.69, 9.17) is 4.74 Å². The van der Waals surface area contributed by atoms with E-state index in [1.165, 1.54) is 7.11 Å². The Labute approximate surface area is 106 Å². The normalized spacial score (nSPS) is 22.1. The number of aryl methyl sites for hydroxylation is 1. The molecule has 0 bridgehead atoms. The van der Waals surface area contributed by atoms with Gasteiger partial charge in [-0.3, -0.25) is 0 Å². The average molecular weight is 248 g/mol. The van der Waals surface area contributed by atoms with Crippen molar-refractivity contribution in [3.63, 3.8) is 0 Å². The molecule has 0 saturated carbocycles. The molecule has 96 valence electrons. The van der Waals surface area contributed by atoms with Gasteiger partial charge in [0.15, 0.2) is 0 Å². The number of cyclic esters (lactones) is 1. The van der Waals surface area contributed by atoms with Gasteiger partial charge in [-0.05, 0) is 30.5 Å². The van der Waals surface area contributed by atoms with E-state index < -0.39 is 17.5 Å². The van der Waals surface area contributed by atoms with E-state index in [1.807, 2.05) is 25.1 Å². The van der Waals surface area contributed by atoms with Crippen molar-refractivity contribution in [1.29, 1.82) is 0 Å². The third-order valence-electron chi connectivity index (χ3n) is 3.27. The van der Waals surface area contributed by atoms with Crippen LogP contribution in [0.5, 0.6) is 0 Å². The Bertz CT molecular complexity index is 507. The quantitative estimate of drug-likeness (QED) is 0.750. The van der Waals surface area contributed by atoms with Crippen LogP contribution in [0, 0.1) is 0 Å². The Morgan fingerprint density at radius 1 is 1.50 bits per heavy atom. The zero-order chi connectivity index (χ0) is 13.3. The van der Waals surface area contributed by atoms with Crippen LogP contribution in [-0.4, -0.2) is 24.6 Å². The van der Waals surface area contributed by atoms with Crippen LogP contribution in [0.2, 0.25) is 0 Å². The van der Waals surface area contributed by atoms with Gasteiger partial charge >= 0.3 is 11.9 Å². The van der Waals surface area contributed by atoms with Gasteiger partial charge in [0.2, 0.25) is 5.60 Å². The van der Waals surface area contributed by atoms with Crippen molar-refractivity contribution in [3.05, 3.63) is 34.9 Å². The third-order valence-corrected chi connectivity index (χ3v) is 3.27. The van der Waals surface area contributed by atoms with Crippen molar-refractivity contribution in [1.82, 2.24) is 0 Å². The van der Waals surface area contributed by atoms with Crippen LogP contribution in [0.3, 0.4) is 0 Å². The summed E-state index contributed by atoms with van der Waals surface area (Å²) in [5, 5.41) is 0. The third kappa shape index (κ3) is 1.98. The van der Waals surface area contributed by atoms with Crippen LogP contribution >= 0.6 is 0 Å². The molecule has 0 N–H and O–H groups in total. The SMILES string of the molecule is CCc1ccc2c(c1)C(=O)OC(C)(C(=O)OC)C2. The number of benzene rings is 1. The standard InChI is InChI=1S/C14H16O4/c1-4-9-5-6-10-8-14(2,13(16)17-3)18-12(15)11(10)7-9/h5-7H,4,8H2,1-3H3. The molecule has 0 saturated heterocycles. The van der Waals surface area contributed by atoms with Crippen molar-refractivity contribution < 1.29 is 19.1 Å². The molecule has 1 aromatic rings. The second-order valence-corrected chi connectivity index (χ2v) is 4.63. The number of hydrogen-bond donors (Lipinski definition) is 0. The highest BCUT2D eigenvalue weighted by Gasteiger charge is 2.43. The fourth-order valence-corrected chi connectivity index (χ4v) is 2.18. The molecule has 2 rings (SSSR count). The smallest absolute Gasteiger partial charge is 0.350 e. The summed E-state index contributed by atoms with van der Waals surface area (Å²) >= 11 is 0. The molecule has 0 aromatic heterocycles. The van der Waals surface area contributed by atoms with E-state index in [9.17, 15) is 9.59 Å². The van der Waals surface area contributed by atoms with Gasteiger partial charge in [-0.2, -0.15) is 0 Å². The minimum atomic E-state index is -1.22. The van der Waals surface area contributed by atoms with Crippen LogP contribution in [-0.2, 0) is 27.1 Å². The summed E-state index contributed by atoms with van der Waals surface area (Å²) in [6, 6.07) is 5.68. The summed E-state index contributed by atoms with van der Waals surface area (Å²) in [7, 11) is 1.29. The van der Waals surface area contributed by atoms with E-state index in [0.717, 1.165) is 17.5 Å². The van der Waals surface area contributed by atoms with Crippen molar-refractivity contribution in [3.8, 4) is 0 Å². The Morgan fingerprint density at radius 2 is 2.22 bits per heavy atom. The van der Waals surface area contributed by atoms with Gasteiger partial charge in [-0.25, -0.2) is 9.59 Å². The number of esters is 2. The van der Waals surface area contributed by atoms with E-state index >= 15 is 0 Å². The maximum Gasteiger partial charge on any atom is 0.350 e. The Kier molecular flexibility index (Phi) is 3.11. The molecule has 0 amide bonds. The largest absolute Gasteiger partial charge is 0.466 e. The molecule has 18 heavy (non-hydrogen) atoms. The second-order valence-electron chi connectivity index (χ2n) is 4.63. The minimum absolute atomic E-state index is 0.352. The van der Waals surface area contributed by atoms with Gasteiger partial charge < -0.3 is 9.47 Å². The van der Waals surface area contributed by atoms with Crippen LogP contribution < -0.4 is 0 Å². The van der Waals surface area contributed by atoms with Gasteiger partial charge in [-0.15, -0.1) is 0 Å². The van der Waals surface area contributed by atoms with Gasteiger partial charge in [0.05, 0.1) is 12.7 Å². The van der Waals surface area contributed by atoms with Crippen molar-refractivity contribution in [2.75, 3.05) is 7.11 Å². The van der Waals surface area contributed by atoms with Gasteiger partial charge in [0.1, 0.15) is 0 Å². The predicted molar refractivity (Wildman–Crippen MR) is 65.4 cm³/mol. The summed E-state index contributed by atoms with van der Waals surface area (Å²) in [6.07, 6.45) is 1.21. The fourth-order valence-electron chi connectivity index (χ4n) is 2.18.